The van der Waals surface area contributed by atoms with Crippen LogP contribution in [0.4, 0.5) is 0 Å². The van der Waals surface area contributed by atoms with Gasteiger partial charge < -0.3 is 15.0 Å². The molecule has 1 aromatic heterocycles. The molecule has 0 saturated heterocycles. The second-order valence-electron chi connectivity index (χ2n) is 5.87. The lowest BCUT2D eigenvalue weighted by atomic mass is 9.90. The van der Waals surface area contributed by atoms with Gasteiger partial charge in [0, 0.05) is 30.7 Å². The molecule has 0 atom stereocenters. The molecule has 0 spiro atoms. The summed E-state index contributed by atoms with van der Waals surface area (Å²) >= 11 is 0. The van der Waals surface area contributed by atoms with Crippen LogP contribution in [0, 0.1) is 5.41 Å². The minimum Gasteiger partial charge on any atom is -0.481 e. The summed E-state index contributed by atoms with van der Waals surface area (Å²) in [4.78, 5) is 23.3. The van der Waals surface area contributed by atoms with Crippen molar-refractivity contribution in [1.29, 1.82) is 0 Å². The smallest absolute Gasteiger partial charge is 0.309 e. The highest BCUT2D eigenvalue weighted by molar-refractivity contribution is 6.06. The number of carboxylic acids is 1. The standard InChI is InChI=1S/C16H20N2O3/c1-16(2,15(20)21)8-9-17-14(19)12-10-18(3)13-7-5-4-6-11(12)13/h4-7,10H,8-9H2,1-3H3,(H,17,19)(H,20,21). The number of rotatable bonds is 5. The third kappa shape index (κ3) is 3.07. The van der Waals surface area contributed by atoms with Crippen LogP contribution >= 0.6 is 0 Å². The summed E-state index contributed by atoms with van der Waals surface area (Å²) in [5.41, 5.74) is 0.765. The van der Waals surface area contributed by atoms with Gasteiger partial charge in [-0.2, -0.15) is 0 Å². The summed E-state index contributed by atoms with van der Waals surface area (Å²) in [6, 6.07) is 7.69. The maximum absolute atomic E-state index is 12.3. The quantitative estimate of drug-likeness (QED) is 0.887. The molecule has 0 radical (unpaired) electrons. The third-order valence-electron chi connectivity index (χ3n) is 3.76. The SMILES string of the molecule is Cn1cc(C(=O)NCCC(C)(C)C(=O)O)c2ccccc21. The Labute approximate surface area is 123 Å². The molecule has 0 aliphatic carbocycles. The van der Waals surface area contributed by atoms with Crippen molar-refractivity contribution in [2.24, 2.45) is 12.5 Å². The Morgan fingerprint density at radius 1 is 1.29 bits per heavy atom. The van der Waals surface area contributed by atoms with Crippen molar-refractivity contribution in [3.8, 4) is 0 Å². The first kappa shape index (κ1) is 15.1. The average Bonchev–Trinajstić information content (AvgIpc) is 2.76. The van der Waals surface area contributed by atoms with E-state index in [4.69, 9.17) is 5.11 Å². The van der Waals surface area contributed by atoms with Crippen molar-refractivity contribution in [2.75, 3.05) is 6.54 Å². The number of benzene rings is 1. The number of nitrogens with zero attached hydrogens (tertiary/aromatic N) is 1. The minimum absolute atomic E-state index is 0.173. The number of para-hydroxylation sites is 1. The van der Waals surface area contributed by atoms with Crippen molar-refractivity contribution in [3.63, 3.8) is 0 Å². The number of nitrogens with one attached hydrogen (secondary N) is 1. The predicted molar refractivity (Wildman–Crippen MR) is 81.3 cm³/mol. The van der Waals surface area contributed by atoms with Gasteiger partial charge in [-0.25, -0.2) is 0 Å². The second-order valence-corrected chi connectivity index (χ2v) is 5.87. The monoisotopic (exact) mass is 288 g/mol. The Morgan fingerprint density at radius 3 is 2.62 bits per heavy atom. The Morgan fingerprint density at radius 2 is 1.95 bits per heavy atom. The first-order valence-electron chi connectivity index (χ1n) is 6.88. The number of fused-ring (bicyclic) bond motifs is 1. The molecule has 0 bridgehead atoms. The van der Waals surface area contributed by atoms with Gasteiger partial charge in [0.25, 0.3) is 5.91 Å². The van der Waals surface area contributed by atoms with Gasteiger partial charge >= 0.3 is 5.97 Å². The number of aromatic nitrogens is 1. The van der Waals surface area contributed by atoms with Crippen molar-refractivity contribution < 1.29 is 14.7 Å². The van der Waals surface area contributed by atoms with E-state index >= 15 is 0 Å². The molecule has 1 heterocycles. The van der Waals surface area contributed by atoms with Gasteiger partial charge in [-0.05, 0) is 26.3 Å². The zero-order valence-electron chi connectivity index (χ0n) is 12.5. The van der Waals surface area contributed by atoms with Crippen molar-refractivity contribution >= 4 is 22.8 Å². The van der Waals surface area contributed by atoms with E-state index in [1.807, 2.05) is 35.9 Å². The van der Waals surface area contributed by atoms with Gasteiger partial charge in [-0.3, -0.25) is 9.59 Å². The molecule has 5 heteroatoms. The molecule has 112 valence electrons. The van der Waals surface area contributed by atoms with Crippen LogP contribution in [-0.2, 0) is 11.8 Å². The van der Waals surface area contributed by atoms with E-state index in [1.165, 1.54) is 0 Å². The summed E-state index contributed by atoms with van der Waals surface area (Å²) in [6.07, 6.45) is 2.18. The number of hydrogen-bond donors (Lipinski definition) is 2. The lowest BCUT2D eigenvalue weighted by molar-refractivity contribution is -0.147. The molecule has 0 unspecified atom stereocenters. The Hall–Kier alpha value is -2.30. The van der Waals surface area contributed by atoms with E-state index < -0.39 is 11.4 Å². The van der Waals surface area contributed by atoms with Crippen LogP contribution in [0.2, 0.25) is 0 Å². The van der Waals surface area contributed by atoms with Crippen molar-refractivity contribution in [1.82, 2.24) is 9.88 Å². The normalized spacial score (nSPS) is 11.6. The summed E-state index contributed by atoms with van der Waals surface area (Å²) < 4.78 is 1.91. The first-order chi connectivity index (χ1) is 9.83. The van der Waals surface area contributed by atoms with E-state index in [9.17, 15) is 9.59 Å². The summed E-state index contributed by atoms with van der Waals surface area (Å²) in [5.74, 6) is -1.03. The Balaban J connectivity index is 2.08. The van der Waals surface area contributed by atoms with Gasteiger partial charge in [0.15, 0.2) is 0 Å². The highest BCUT2D eigenvalue weighted by atomic mass is 16.4. The fraction of sp³-hybridized carbons (Fsp3) is 0.375. The maximum Gasteiger partial charge on any atom is 0.309 e. The highest BCUT2D eigenvalue weighted by Gasteiger charge is 2.26. The molecular formula is C16H20N2O3. The average molecular weight is 288 g/mol. The van der Waals surface area contributed by atoms with Crippen LogP contribution in [0.1, 0.15) is 30.6 Å². The van der Waals surface area contributed by atoms with E-state index in [1.54, 1.807) is 20.0 Å². The number of aliphatic carboxylic acids is 1. The molecule has 5 nitrogen and oxygen atoms in total. The van der Waals surface area contributed by atoms with E-state index in [-0.39, 0.29) is 5.91 Å². The van der Waals surface area contributed by atoms with Crippen molar-refractivity contribution in [2.45, 2.75) is 20.3 Å². The number of hydrogen-bond acceptors (Lipinski definition) is 2. The molecule has 0 aliphatic rings. The molecule has 21 heavy (non-hydrogen) atoms. The van der Waals surface area contributed by atoms with E-state index in [2.05, 4.69) is 5.32 Å². The fourth-order valence-electron chi connectivity index (χ4n) is 2.21. The minimum atomic E-state index is -0.859. The molecule has 1 amide bonds. The number of aryl methyl sites for hydroxylation is 1. The molecule has 1 aromatic carbocycles. The van der Waals surface area contributed by atoms with Crippen molar-refractivity contribution in [3.05, 3.63) is 36.0 Å². The van der Waals surface area contributed by atoms with E-state index in [0.29, 0.717) is 18.5 Å². The molecular weight excluding hydrogens is 268 g/mol. The molecule has 2 rings (SSSR count). The van der Waals surface area contributed by atoms with Crippen LogP contribution in [0.5, 0.6) is 0 Å². The van der Waals surface area contributed by atoms with Crippen LogP contribution in [0.25, 0.3) is 10.9 Å². The molecule has 0 fully saturated rings. The van der Waals surface area contributed by atoms with Gasteiger partial charge in [0.2, 0.25) is 0 Å². The van der Waals surface area contributed by atoms with Crippen LogP contribution in [-0.4, -0.2) is 28.1 Å². The van der Waals surface area contributed by atoms with Gasteiger partial charge in [-0.1, -0.05) is 18.2 Å². The molecule has 0 saturated carbocycles. The zero-order valence-corrected chi connectivity index (χ0v) is 12.5. The topological polar surface area (TPSA) is 71.3 Å². The highest BCUT2D eigenvalue weighted by Crippen LogP contribution is 2.21. The van der Waals surface area contributed by atoms with Gasteiger partial charge in [0.1, 0.15) is 0 Å². The molecule has 2 N–H and O–H groups in total. The van der Waals surface area contributed by atoms with Crippen LogP contribution in [0.15, 0.2) is 30.5 Å². The summed E-state index contributed by atoms with van der Waals surface area (Å²) in [6.45, 7) is 3.64. The van der Waals surface area contributed by atoms with Crippen LogP contribution in [0.3, 0.4) is 0 Å². The van der Waals surface area contributed by atoms with Gasteiger partial charge in [-0.15, -0.1) is 0 Å². The number of carbonyl (C=O) groups excluding carboxylic acids is 1. The Bertz CT molecular complexity index is 686. The number of amides is 1. The van der Waals surface area contributed by atoms with E-state index in [0.717, 1.165) is 10.9 Å². The lowest BCUT2D eigenvalue weighted by Crippen LogP contribution is -2.31. The summed E-state index contributed by atoms with van der Waals surface area (Å²) in [7, 11) is 1.90. The second kappa shape index (κ2) is 5.60. The molecule has 2 aromatic rings. The largest absolute Gasteiger partial charge is 0.481 e. The number of carboxylic acid groups (broad SMARTS) is 1. The van der Waals surface area contributed by atoms with Crippen LogP contribution < -0.4 is 5.32 Å². The maximum atomic E-state index is 12.3. The van der Waals surface area contributed by atoms with Gasteiger partial charge in [0.05, 0.1) is 11.0 Å². The summed E-state index contributed by atoms with van der Waals surface area (Å²) in [5, 5.41) is 12.8. The molecule has 0 aliphatic heterocycles. The Kier molecular flexibility index (Phi) is 4.02. The zero-order chi connectivity index (χ0) is 15.6. The number of carbonyl (C=O) groups is 2. The third-order valence-corrected chi connectivity index (χ3v) is 3.76. The predicted octanol–water partition coefficient (Wildman–Crippen LogP) is 2.41. The lowest BCUT2D eigenvalue weighted by Gasteiger charge is -2.18. The fourth-order valence-corrected chi connectivity index (χ4v) is 2.21. The first-order valence-corrected chi connectivity index (χ1v) is 6.88.